The van der Waals surface area contributed by atoms with Crippen molar-refractivity contribution in [2.45, 2.75) is 25.2 Å². The van der Waals surface area contributed by atoms with Crippen LogP contribution >= 0.6 is 27.7 Å². The molecule has 0 aliphatic rings. The summed E-state index contributed by atoms with van der Waals surface area (Å²) in [6, 6.07) is 9.16. The maximum atomic E-state index is 12.9. The molecule has 0 saturated carbocycles. The number of nitriles is 1. The number of aromatic nitrogens is 2. The Balaban J connectivity index is 1.97. The molecule has 7 heteroatoms. The van der Waals surface area contributed by atoms with Crippen molar-refractivity contribution in [3.63, 3.8) is 0 Å². The third kappa shape index (κ3) is 3.55. The topological polar surface area (TPSA) is 70.2 Å². The highest BCUT2D eigenvalue weighted by Gasteiger charge is 2.19. The molecule has 2 aromatic heterocycles. The summed E-state index contributed by atoms with van der Waals surface area (Å²) in [5.74, 6) is -0.206. The number of imidazole rings is 1. The van der Waals surface area contributed by atoms with Crippen LogP contribution in [0.3, 0.4) is 0 Å². The number of aryl methyl sites for hydroxylation is 2. The number of rotatable bonds is 4. The van der Waals surface area contributed by atoms with Crippen molar-refractivity contribution < 1.29 is 4.79 Å². The summed E-state index contributed by atoms with van der Waals surface area (Å²) in [6.45, 7) is 3.96. The summed E-state index contributed by atoms with van der Waals surface area (Å²) < 4.78 is 2.72. The van der Waals surface area contributed by atoms with Crippen LogP contribution in [0.15, 0.2) is 45.9 Å². The Hall–Kier alpha value is -2.30. The molecule has 0 fully saturated rings. The number of hydrogen-bond acceptors (Lipinski definition) is 4. The van der Waals surface area contributed by atoms with Crippen molar-refractivity contribution >= 4 is 44.9 Å². The first kappa shape index (κ1) is 17.5. The summed E-state index contributed by atoms with van der Waals surface area (Å²) in [7, 11) is 0. The van der Waals surface area contributed by atoms with Gasteiger partial charge in [0.15, 0.2) is 0 Å². The van der Waals surface area contributed by atoms with Crippen molar-refractivity contribution in [3.05, 3.63) is 58.0 Å². The number of amides is 1. The highest BCUT2D eigenvalue weighted by molar-refractivity contribution is 9.10. The van der Waals surface area contributed by atoms with Crippen LogP contribution in [0.25, 0.3) is 5.65 Å². The normalized spacial score (nSPS) is 10.6. The quantitative estimate of drug-likeness (QED) is 0.491. The minimum atomic E-state index is -0.206. The van der Waals surface area contributed by atoms with E-state index in [1.807, 2.05) is 35.9 Å². The highest BCUT2D eigenvalue weighted by Crippen LogP contribution is 2.23. The molecule has 1 aromatic carbocycles. The Morgan fingerprint density at radius 2 is 2.12 bits per heavy atom. The van der Waals surface area contributed by atoms with E-state index in [0.29, 0.717) is 17.8 Å². The van der Waals surface area contributed by atoms with E-state index in [2.05, 4.69) is 26.2 Å². The van der Waals surface area contributed by atoms with E-state index in [1.54, 1.807) is 24.3 Å². The Morgan fingerprint density at radius 1 is 1.40 bits per heavy atom. The number of thioether (sulfide) groups is 1. The van der Waals surface area contributed by atoms with Gasteiger partial charge in [-0.1, -0.05) is 6.92 Å². The van der Waals surface area contributed by atoms with Crippen LogP contribution < -0.4 is 5.32 Å². The zero-order valence-electron chi connectivity index (χ0n) is 13.7. The van der Waals surface area contributed by atoms with Crippen LogP contribution in [0.2, 0.25) is 0 Å². The van der Waals surface area contributed by atoms with Crippen LogP contribution in [0.5, 0.6) is 0 Å². The van der Waals surface area contributed by atoms with Gasteiger partial charge in [-0.2, -0.15) is 5.26 Å². The molecule has 1 N–H and O–H groups in total. The molecule has 0 spiro atoms. The maximum Gasteiger partial charge on any atom is 0.274 e. The minimum absolute atomic E-state index is 0.206. The Bertz CT molecular complexity index is 989. The van der Waals surface area contributed by atoms with Gasteiger partial charge in [-0.3, -0.25) is 9.20 Å². The molecule has 0 unspecified atom stereocenters. The summed E-state index contributed by atoms with van der Waals surface area (Å²) in [4.78, 5) is 18.3. The van der Waals surface area contributed by atoms with Gasteiger partial charge in [-0.05, 0) is 76.9 Å². The molecule has 1 amide bonds. The highest BCUT2D eigenvalue weighted by atomic mass is 79.9. The predicted molar refractivity (Wildman–Crippen MR) is 103 cm³/mol. The number of benzene rings is 1. The molecule has 0 saturated heterocycles. The van der Waals surface area contributed by atoms with Gasteiger partial charge in [0, 0.05) is 21.3 Å². The number of fused-ring (bicyclic) bond motifs is 1. The lowest BCUT2D eigenvalue weighted by molar-refractivity contribution is 0.102. The second kappa shape index (κ2) is 7.30. The molecule has 0 bridgehead atoms. The Labute approximate surface area is 158 Å². The van der Waals surface area contributed by atoms with Crippen molar-refractivity contribution in [1.82, 2.24) is 9.38 Å². The van der Waals surface area contributed by atoms with Crippen molar-refractivity contribution in [2.75, 3.05) is 5.32 Å². The van der Waals surface area contributed by atoms with Gasteiger partial charge in [0.1, 0.15) is 16.7 Å². The summed E-state index contributed by atoms with van der Waals surface area (Å²) >= 11 is 4.56. The summed E-state index contributed by atoms with van der Waals surface area (Å²) in [6.07, 6.45) is 2.52. The van der Waals surface area contributed by atoms with Crippen LogP contribution in [0, 0.1) is 17.6 Å². The summed E-state index contributed by atoms with van der Waals surface area (Å²) in [5, 5.41) is 13.6. The molecular weight excluding hydrogens is 400 g/mol. The number of halogens is 1. The average Bonchev–Trinajstić information content (AvgIpc) is 2.95. The fourth-order valence-corrected chi connectivity index (χ4v) is 3.58. The van der Waals surface area contributed by atoms with E-state index in [9.17, 15) is 4.79 Å². The number of nitrogens with one attached hydrogen (secondary N) is 1. The SMILES string of the molecule is CCc1nc2c(C)cc(Br)cn2c1C(=O)Nc1ccc(SC#N)cc1. The minimum Gasteiger partial charge on any atom is -0.321 e. The molecule has 0 aliphatic heterocycles. The number of anilines is 1. The van der Waals surface area contributed by atoms with E-state index in [0.717, 1.165) is 38.0 Å². The van der Waals surface area contributed by atoms with Crippen LogP contribution in [0.4, 0.5) is 5.69 Å². The second-order valence-electron chi connectivity index (χ2n) is 5.47. The number of thiocyanates is 1. The van der Waals surface area contributed by atoms with Gasteiger partial charge in [-0.25, -0.2) is 4.98 Å². The first-order valence-electron chi connectivity index (χ1n) is 7.68. The molecule has 0 atom stereocenters. The lowest BCUT2D eigenvalue weighted by Crippen LogP contribution is -2.16. The molecule has 0 radical (unpaired) electrons. The van der Waals surface area contributed by atoms with Gasteiger partial charge < -0.3 is 5.32 Å². The van der Waals surface area contributed by atoms with Gasteiger partial charge in [0.25, 0.3) is 5.91 Å². The van der Waals surface area contributed by atoms with Gasteiger partial charge >= 0.3 is 0 Å². The molecular formula is C18H15BrN4OS. The largest absolute Gasteiger partial charge is 0.321 e. The molecule has 126 valence electrons. The number of carbonyl (C=O) groups is 1. The first-order valence-corrected chi connectivity index (χ1v) is 9.29. The van der Waals surface area contributed by atoms with Crippen molar-refractivity contribution in [3.8, 4) is 5.40 Å². The fourth-order valence-electron chi connectivity index (χ4n) is 2.65. The summed E-state index contributed by atoms with van der Waals surface area (Å²) in [5.41, 5.74) is 3.76. The number of nitrogens with zero attached hydrogens (tertiary/aromatic N) is 3. The Kier molecular flexibility index (Phi) is 5.11. The molecule has 5 nitrogen and oxygen atoms in total. The lowest BCUT2D eigenvalue weighted by Gasteiger charge is -2.08. The zero-order chi connectivity index (χ0) is 18.0. The monoisotopic (exact) mass is 414 g/mol. The zero-order valence-corrected chi connectivity index (χ0v) is 16.1. The van der Waals surface area contributed by atoms with E-state index in [-0.39, 0.29) is 5.91 Å². The third-order valence-corrected chi connectivity index (χ3v) is 4.80. The number of hydrogen-bond donors (Lipinski definition) is 1. The van der Waals surface area contributed by atoms with Crippen LogP contribution in [0.1, 0.15) is 28.7 Å². The fraction of sp³-hybridized carbons (Fsp3) is 0.167. The van der Waals surface area contributed by atoms with E-state index in [4.69, 9.17) is 5.26 Å². The molecule has 3 aromatic rings. The van der Waals surface area contributed by atoms with Crippen molar-refractivity contribution in [2.24, 2.45) is 0 Å². The molecule has 3 rings (SSSR count). The molecule has 0 aliphatic carbocycles. The second-order valence-corrected chi connectivity index (χ2v) is 7.24. The van der Waals surface area contributed by atoms with Crippen molar-refractivity contribution in [1.29, 1.82) is 5.26 Å². The van der Waals surface area contributed by atoms with Crippen LogP contribution in [-0.4, -0.2) is 15.3 Å². The molecule has 2 heterocycles. The third-order valence-electron chi connectivity index (χ3n) is 3.77. The smallest absolute Gasteiger partial charge is 0.274 e. The van der Waals surface area contributed by atoms with E-state index >= 15 is 0 Å². The number of carbonyl (C=O) groups excluding carboxylic acids is 1. The molecule has 25 heavy (non-hydrogen) atoms. The van der Waals surface area contributed by atoms with E-state index in [1.165, 1.54) is 0 Å². The van der Waals surface area contributed by atoms with E-state index < -0.39 is 0 Å². The van der Waals surface area contributed by atoms with Crippen LogP contribution in [-0.2, 0) is 6.42 Å². The average molecular weight is 415 g/mol. The Morgan fingerprint density at radius 3 is 2.76 bits per heavy atom. The predicted octanol–water partition coefficient (Wildman–Crippen LogP) is 4.79. The first-order chi connectivity index (χ1) is 12.0. The lowest BCUT2D eigenvalue weighted by atomic mass is 10.2. The van der Waals surface area contributed by atoms with Gasteiger partial charge in [-0.15, -0.1) is 0 Å². The number of pyridine rings is 1. The standard InChI is InChI=1S/C18H15BrN4OS/c1-3-15-16(23-9-12(19)8-11(2)17(23)22-15)18(24)21-13-4-6-14(7-5-13)25-10-20/h4-9H,3H2,1-2H3,(H,21,24). The van der Waals surface area contributed by atoms with Gasteiger partial charge in [0.2, 0.25) is 0 Å². The van der Waals surface area contributed by atoms with Gasteiger partial charge in [0.05, 0.1) is 5.69 Å². The maximum absolute atomic E-state index is 12.9.